The van der Waals surface area contributed by atoms with Crippen molar-refractivity contribution in [3.63, 3.8) is 0 Å². The van der Waals surface area contributed by atoms with E-state index in [0.29, 0.717) is 19.4 Å². The van der Waals surface area contributed by atoms with E-state index in [1.807, 2.05) is 0 Å². The zero-order valence-electron chi connectivity index (χ0n) is 11.6. The van der Waals surface area contributed by atoms with Crippen LogP contribution in [-0.4, -0.2) is 73.4 Å². The van der Waals surface area contributed by atoms with Gasteiger partial charge in [-0.05, 0) is 25.8 Å². The number of rotatable bonds is 6. The van der Waals surface area contributed by atoms with Gasteiger partial charge in [0.15, 0.2) is 6.10 Å². The summed E-state index contributed by atoms with van der Waals surface area (Å²) in [5.41, 5.74) is 0. The summed E-state index contributed by atoms with van der Waals surface area (Å²) in [5, 5.41) is 14.9. The molecule has 0 radical (unpaired) electrons. The number of piperazine rings is 1. The van der Waals surface area contributed by atoms with Gasteiger partial charge in [0.2, 0.25) is 5.91 Å². The minimum absolute atomic E-state index is 0.186. The molecule has 114 valence electrons. The number of ether oxygens (including phenoxy) is 1. The fourth-order valence-electron chi connectivity index (χ4n) is 2.57. The smallest absolute Gasteiger partial charge is 0.332 e. The second kappa shape index (κ2) is 7.56. The minimum Gasteiger partial charge on any atom is -0.479 e. The van der Waals surface area contributed by atoms with Crippen molar-refractivity contribution in [1.82, 2.24) is 15.5 Å². The lowest BCUT2D eigenvalue weighted by atomic mass is 10.2. The van der Waals surface area contributed by atoms with Crippen LogP contribution in [0.25, 0.3) is 0 Å². The van der Waals surface area contributed by atoms with Crippen LogP contribution in [0.15, 0.2) is 0 Å². The van der Waals surface area contributed by atoms with Gasteiger partial charge in [-0.25, -0.2) is 4.79 Å². The van der Waals surface area contributed by atoms with Gasteiger partial charge < -0.3 is 25.4 Å². The monoisotopic (exact) mass is 285 g/mol. The number of amides is 1. The molecule has 0 saturated carbocycles. The molecule has 7 nitrogen and oxygen atoms in total. The van der Waals surface area contributed by atoms with Crippen LogP contribution in [0.2, 0.25) is 0 Å². The van der Waals surface area contributed by atoms with E-state index in [0.717, 1.165) is 39.1 Å². The maximum atomic E-state index is 11.8. The largest absolute Gasteiger partial charge is 0.479 e. The maximum absolute atomic E-state index is 11.8. The van der Waals surface area contributed by atoms with Crippen LogP contribution in [0, 0.1) is 0 Å². The molecule has 0 bridgehead atoms. The fourth-order valence-corrected chi connectivity index (χ4v) is 2.57. The van der Waals surface area contributed by atoms with Gasteiger partial charge in [0.05, 0.1) is 0 Å². The third kappa shape index (κ3) is 4.43. The van der Waals surface area contributed by atoms with Crippen molar-refractivity contribution in [2.24, 2.45) is 0 Å². The number of nitrogens with zero attached hydrogens (tertiary/aromatic N) is 1. The highest BCUT2D eigenvalue weighted by Gasteiger charge is 2.34. The Balaban J connectivity index is 1.57. The van der Waals surface area contributed by atoms with Crippen molar-refractivity contribution in [3.05, 3.63) is 0 Å². The lowest BCUT2D eigenvalue weighted by molar-refractivity contribution is -0.151. The van der Waals surface area contributed by atoms with E-state index >= 15 is 0 Å². The number of carbonyl (C=O) groups excluding carboxylic acids is 1. The number of carbonyl (C=O) groups is 2. The number of hydrogen-bond acceptors (Lipinski definition) is 5. The Morgan fingerprint density at radius 3 is 2.60 bits per heavy atom. The van der Waals surface area contributed by atoms with Crippen LogP contribution >= 0.6 is 0 Å². The first kappa shape index (κ1) is 15.2. The van der Waals surface area contributed by atoms with E-state index in [9.17, 15) is 9.59 Å². The van der Waals surface area contributed by atoms with Gasteiger partial charge in [0.1, 0.15) is 6.10 Å². The van der Waals surface area contributed by atoms with Gasteiger partial charge in [-0.1, -0.05) is 0 Å². The van der Waals surface area contributed by atoms with Crippen LogP contribution in [-0.2, 0) is 14.3 Å². The summed E-state index contributed by atoms with van der Waals surface area (Å²) in [4.78, 5) is 24.9. The van der Waals surface area contributed by atoms with Crippen molar-refractivity contribution in [2.75, 3.05) is 39.3 Å². The maximum Gasteiger partial charge on any atom is 0.332 e. The van der Waals surface area contributed by atoms with Gasteiger partial charge in [0, 0.05) is 32.7 Å². The molecule has 1 amide bonds. The lowest BCUT2D eigenvalue weighted by Gasteiger charge is -2.27. The topological polar surface area (TPSA) is 90.9 Å². The summed E-state index contributed by atoms with van der Waals surface area (Å²) >= 11 is 0. The molecule has 3 N–H and O–H groups in total. The molecule has 2 atom stereocenters. The number of carboxylic acid groups (broad SMARTS) is 1. The minimum atomic E-state index is -0.987. The third-order valence-electron chi connectivity index (χ3n) is 3.75. The SMILES string of the molecule is O=C(NCCCN1CCNCC1)[C@@H]1CC[C@H](C(=O)O)O1. The summed E-state index contributed by atoms with van der Waals surface area (Å²) in [5.74, 6) is -1.17. The predicted molar refractivity (Wildman–Crippen MR) is 72.5 cm³/mol. The van der Waals surface area contributed by atoms with Crippen molar-refractivity contribution < 1.29 is 19.4 Å². The Bertz CT molecular complexity index is 345. The molecule has 0 spiro atoms. The Labute approximate surface area is 118 Å². The van der Waals surface area contributed by atoms with Gasteiger partial charge in [0.25, 0.3) is 0 Å². The molecule has 2 aliphatic heterocycles. The molecular formula is C13H23N3O4. The fraction of sp³-hybridized carbons (Fsp3) is 0.846. The van der Waals surface area contributed by atoms with Crippen LogP contribution in [0.1, 0.15) is 19.3 Å². The molecule has 2 aliphatic rings. The van der Waals surface area contributed by atoms with Crippen molar-refractivity contribution >= 4 is 11.9 Å². The summed E-state index contributed by atoms with van der Waals surface area (Å²) in [6, 6.07) is 0. The summed E-state index contributed by atoms with van der Waals surface area (Å²) in [7, 11) is 0. The van der Waals surface area contributed by atoms with E-state index in [2.05, 4.69) is 15.5 Å². The molecular weight excluding hydrogens is 262 g/mol. The second-order valence-electron chi connectivity index (χ2n) is 5.27. The molecule has 2 saturated heterocycles. The lowest BCUT2D eigenvalue weighted by Crippen LogP contribution is -2.44. The Kier molecular flexibility index (Phi) is 5.75. The van der Waals surface area contributed by atoms with E-state index in [-0.39, 0.29) is 5.91 Å². The number of hydrogen-bond donors (Lipinski definition) is 3. The molecule has 0 aromatic carbocycles. The highest BCUT2D eigenvalue weighted by atomic mass is 16.5. The second-order valence-corrected chi connectivity index (χ2v) is 5.27. The highest BCUT2D eigenvalue weighted by Crippen LogP contribution is 2.19. The molecule has 2 rings (SSSR count). The zero-order valence-corrected chi connectivity index (χ0v) is 11.6. The van der Waals surface area contributed by atoms with Gasteiger partial charge in [-0.2, -0.15) is 0 Å². The molecule has 2 fully saturated rings. The van der Waals surface area contributed by atoms with Crippen LogP contribution in [0.5, 0.6) is 0 Å². The average Bonchev–Trinajstić information content (AvgIpc) is 2.94. The molecule has 2 heterocycles. The third-order valence-corrected chi connectivity index (χ3v) is 3.75. The first-order chi connectivity index (χ1) is 9.66. The van der Waals surface area contributed by atoms with Gasteiger partial charge >= 0.3 is 5.97 Å². The highest BCUT2D eigenvalue weighted by molar-refractivity contribution is 5.82. The Morgan fingerprint density at radius 1 is 1.25 bits per heavy atom. The molecule has 0 aliphatic carbocycles. The Hall–Kier alpha value is -1.18. The summed E-state index contributed by atoms with van der Waals surface area (Å²) < 4.78 is 5.20. The summed E-state index contributed by atoms with van der Waals surface area (Å²) in [6.07, 6.45) is 0.372. The van der Waals surface area contributed by atoms with E-state index < -0.39 is 18.2 Å². The standard InChI is InChI=1S/C13H23N3O4/c17-12(10-2-3-11(20-10)13(18)19)15-4-1-7-16-8-5-14-6-9-16/h10-11,14H,1-9H2,(H,15,17)(H,18,19)/t10-,11+/m0/s1. The number of carboxylic acids is 1. The molecule has 0 aromatic rings. The van der Waals surface area contributed by atoms with E-state index in [1.54, 1.807) is 0 Å². The van der Waals surface area contributed by atoms with Crippen LogP contribution in [0.3, 0.4) is 0 Å². The first-order valence-corrected chi connectivity index (χ1v) is 7.26. The average molecular weight is 285 g/mol. The van der Waals surface area contributed by atoms with E-state index in [1.165, 1.54) is 0 Å². The molecule has 0 aromatic heterocycles. The molecule has 0 unspecified atom stereocenters. The van der Waals surface area contributed by atoms with Crippen LogP contribution < -0.4 is 10.6 Å². The normalized spacial score (nSPS) is 27.4. The quantitative estimate of drug-likeness (QED) is 0.544. The van der Waals surface area contributed by atoms with Crippen molar-refractivity contribution in [1.29, 1.82) is 0 Å². The number of nitrogens with one attached hydrogen (secondary N) is 2. The number of aliphatic carboxylic acids is 1. The van der Waals surface area contributed by atoms with Crippen molar-refractivity contribution in [2.45, 2.75) is 31.5 Å². The van der Waals surface area contributed by atoms with E-state index in [4.69, 9.17) is 9.84 Å². The van der Waals surface area contributed by atoms with Crippen molar-refractivity contribution in [3.8, 4) is 0 Å². The predicted octanol–water partition coefficient (Wildman–Crippen LogP) is -0.970. The summed E-state index contributed by atoms with van der Waals surface area (Å²) in [6.45, 7) is 5.75. The van der Waals surface area contributed by atoms with Gasteiger partial charge in [-0.15, -0.1) is 0 Å². The molecule has 20 heavy (non-hydrogen) atoms. The Morgan fingerprint density at radius 2 is 1.95 bits per heavy atom. The van der Waals surface area contributed by atoms with Crippen LogP contribution in [0.4, 0.5) is 0 Å². The zero-order chi connectivity index (χ0) is 14.4. The van der Waals surface area contributed by atoms with Gasteiger partial charge in [-0.3, -0.25) is 4.79 Å². The molecule has 7 heteroatoms. The first-order valence-electron chi connectivity index (χ1n) is 7.26.